The summed E-state index contributed by atoms with van der Waals surface area (Å²) in [6.45, 7) is 5.67. The van der Waals surface area contributed by atoms with Crippen LogP contribution in [0.15, 0.2) is 59.5 Å². The van der Waals surface area contributed by atoms with Crippen molar-refractivity contribution in [2.75, 3.05) is 23.3 Å². The molecule has 0 saturated carbocycles. The average molecular weight is 473 g/mol. The Balaban J connectivity index is 1.85. The third-order valence-electron chi connectivity index (χ3n) is 5.04. The van der Waals surface area contributed by atoms with Crippen LogP contribution in [0.4, 0.5) is 10.7 Å². The molecule has 1 N–H and O–H groups in total. The number of methoxy groups -OCH3 is 1. The molecule has 32 heavy (non-hydrogen) atoms. The molecule has 1 heterocycles. The van der Waals surface area contributed by atoms with Crippen LogP contribution in [0.3, 0.4) is 0 Å². The third kappa shape index (κ3) is 4.53. The molecule has 0 saturated heterocycles. The number of anilines is 2. The molecule has 3 rings (SSSR count). The summed E-state index contributed by atoms with van der Waals surface area (Å²) in [6, 6.07) is 14.5. The predicted molar refractivity (Wildman–Crippen MR) is 126 cm³/mol. The normalized spacial score (nSPS) is 11.1. The molecule has 9 heteroatoms. The van der Waals surface area contributed by atoms with Crippen molar-refractivity contribution in [3.05, 3.63) is 76.2 Å². The summed E-state index contributed by atoms with van der Waals surface area (Å²) in [5, 5.41) is 3.14. The van der Waals surface area contributed by atoms with Crippen LogP contribution in [-0.4, -0.2) is 33.9 Å². The largest absolute Gasteiger partial charge is 0.465 e. The minimum absolute atomic E-state index is 0.0813. The van der Waals surface area contributed by atoms with Gasteiger partial charge in [0, 0.05) is 17.0 Å². The number of hydrogen-bond donors (Lipinski definition) is 1. The smallest absolute Gasteiger partial charge is 0.341 e. The van der Waals surface area contributed by atoms with E-state index in [9.17, 15) is 18.0 Å². The fourth-order valence-electron chi connectivity index (χ4n) is 3.23. The molecular weight excluding hydrogens is 448 g/mol. The lowest BCUT2D eigenvalue weighted by Gasteiger charge is -2.23. The van der Waals surface area contributed by atoms with Gasteiger partial charge >= 0.3 is 5.97 Å². The first-order valence-corrected chi connectivity index (χ1v) is 12.1. The second kappa shape index (κ2) is 9.54. The Labute approximate surface area is 191 Å². The summed E-state index contributed by atoms with van der Waals surface area (Å²) in [6.07, 6.45) is 0. The van der Waals surface area contributed by atoms with Crippen molar-refractivity contribution >= 4 is 43.9 Å². The molecule has 1 aromatic heterocycles. The van der Waals surface area contributed by atoms with Gasteiger partial charge in [0.05, 0.1) is 23.3 Å². The molecule has 7 nitrogen and oxygen atoms in total. The van der Waals surface area contributed by atoms with Gasteiger partial charge in [-0.2, -0.15) is 0 Å². The van der Waals surface area contributed by atoms with Gasteiger partial charge in [-0.05, 0) is 62.7 Å². The summed E-state index contributed by atoms with van der Waals surface area (Å²) in [5.41, 5.74) is 1.91. The number of thiophene rings is 1. The second-order valence-corrected chi connectivity index (χ2v) is 10.0. The average Bonchev–Trinajstić information content (AvgIpc) is 3.07. The van der Waals surface area contributed by atoms with Crippen molar-refractivity contribution in [3.8, 4) is 0 Å². The van der Waals surface area contributed by atoms with E-state index >= 15 is 0 Å². The topological polar surface area (TPSA) is 92.8 Å². The number of aryl methyl sites for hydroxylation is 1. The summed E-state index contributed by atoms with van der Waals surface area (Å²) in [4.78, 5) is 25.8. The van der Waals surface area contributed by atoms with Gasteiger partial charge in [-0.15, -0.1) is 11.3 Å². The van der Waals surface area contributed by atoms with Crippen molar-refractivity contribution in [3.63, 3.8) is 0 Å². The molecule has 3 aromatic rings. The van der Waals surface area contributed by atoms with Gasteiger partial charge in [0.2, 0.25) is 0 Å². The molecule has 0 radical (unpaired) electrons. The molecule has 1 amide bonds. The van der Waals surface area contributed by atoms with Crippen molar-refractivity contribution in [2.45, 2.75) is 25.7 Å². The molecule has 0 atom stereocenters. The molecule has 0 fully saturated rings. The number of amides is 1. The lowest BCUT2D eigenvalue weighted by molar-refractivity contribution is 0.0601. The van der Waals surface area contributed by atoms with Crippen LogP contribution in [0.5, 0.6) is 0 Å². The fraction of sp³-hybridized carbons (Fsp3) is 0.217. The molecule has 0 unspecified atom stereocenters. The van der Waals surface area contributed by atoms with Gasteiger partial charge < -0.3 is 10.1 Å². The maximum absolute atomic E-state index is 13.1. The number of para-hydroxylation sites is 1. The van der Waals surface area contributed by atoms with E-state index in [0.717, 1.165) is 10.4 Å². The van der Waals surface area contributed by atoms with E-state index in [2.05, 4.69) is 5.32 Å². The van der Waals surface area contributed by atoms with E-state index in [1.54, 1.807) is 38.1 Å². The molecule has 2 aromatic carbocycles. The van der Waals surface area contributed by atoms with E-state index in [4.69, 9.17) is 4.74 Å². The lowest BCUT2D eigenvalue weighted by Crippen LogP contribution is -2.30. The fourth-order valence-corrected chi connectivity index (χ4v) is 5.75. The highest BCUT2D eigenvalue weighted by Gasteiger charge is 2.25. The SMILES string of the molecule is CCN(c1ccccc1)S(=O)(=O)c1ccc(C(=O)Nc2sc(C)c(C)c2C(=O)OC)cc1. The van der Waals surface area contributed by atoms with Crippen molar-refractivity contribution in [1.82, 2.24) is 0 Å². The highest BCUT2D eigenvalue weighted by molar-refractivity contribution is 7.92. The standard InChI is InChI=1S/C23H24N2O5S2/c1-5-25(18-9-7-6-8-10-18)32(28,29)19-13-11-17(12-14-19)21(26)24-22-20(23(27)30-4)15(2)16(3)31-22/h6-14H,5H2,1-4H3,(H,24,26). The van der Waals surface area contributed by atoms with Crippen molar-refractivity contribution < 1.29 is 22.7 Å². The molecular formula is C23H24N2O5S2. The predicted octanol–water partition coefficient (Wildman–Crippen LogP) is 4.62. The summed E-state index contributed by atoms with van der Waals surface area (Å²) >= 11 is 1.28. The zero-order chi connectivity index (χ0) is 23.5. The number of benzene rings is 2. The van der Waals surface area contributed by atoms with E-state index in [1.165, 1.54) is 47.0 Å². The van der Waals surface area contributed by atoms with E-state index in [-0.39, 0.29) is 17.0 Å². The maximum atomic E-state index is 13.1. The first kappa shape index (κ1) is 23.5. The van der Waals surface area contributed by atoms with Gasteiger partial charge in [0.15, 0.2) is 0 Å². The van der Waals surface area contributed by atoms with Crippen LogP contribution >= 0.6 is 11.3 Å². The quantitative estimate of drug-likeness (QED) is 0.507. The van der Waals surface area contributed by atoms with Crippen molar-refractivity contribution in [1.29, 1.82) is 0 Å². The zero-order valence-electron chi connectivity index (χ0n) is 18.2. The number of carbonyl (C=O) groups is 2. The van der Waals surface area contributed by atoms with Crippen molar-refractivity contribution in [2.24, 2.45) is 0 Å². The van der Waals surface area contributed by atoms with Crippen LogP contribution in [0.1, 0.15) is 38.1 Å². The second-order valence-electron chi connectivity index (χ2n) is 6.96. The third-order valence-corrected chi connectivity index (χ3v) is 8.08. The van der Waals surface area contributed by atoms with Gasteiger partial charge in [-0.25, -0.2) is 13.2 Å². The molecule has 0 bridgehead atoms. The summed E-state index contributed by atoms with van der Waals surface area (Å²) in [7, 11) is -2.50. The first-order valence-electron chi connectivity index (χ1n) is 9.88. The summed E-state index contributed by atoms with van der Waals surface area (Å²) < 4.78 is 32.3. The lowest BCUT2D eigenvalue weighted by atomic mass is 10.1. The van der Waals surface area contributed by atoms with E-state index in [0.29, 0.717) is 16.3 Å². The molecule has 0 aliphatic heterocycles. The number of sulfonamides is 1. The van der Waals surface area contributed by atoms with E-state index < -0.39 is 21.9 Å². The highest BCUT2D eigenvalue weighted by atomic mass is 32.2. The number of nitrogens with one attached hydrogen (secondary N) is 1. The molecule has 0 spiro atoms. The van der Waals surface area contributed by atoms with Gasteiger partial charge in [-0.3, -0.25) is 9.10 Å². The van der Waals surface area contributed by atoms with Crippen LogP contribution < -0.4 is 9.62 Å². The van der Waals surface area contributed by atoms with Gasteiger partial charge in [-0.1, -0.05) is 18.2 Å². The monoisotopic (exact) mass is 472 g/mol. The Morgan fingerprint density at radius 3 is 2.22 bits per heavy atom. The molecule has 168 valence electrons. The summed E-state index contributed by atoms with van der Waals surface area (Å²) in [5.74, 6) is -0.972. The Kier molecular flexibility index (Phi) is 7.00. The Morgan fingerprint density at radius 2 is 1.66 bits per heavy atom. The van der Waals surface area contributed by atoms with Gasteiger partial charge in [0.25, 0.3) is 15.9 Å². The molecule has 0 aliphatic rings. The Bertz CT molecular complexity index is 1230. The van der Waals surface area contributed by atoms with Gasteiger partial charge in [0.1, 0.15) is 5.00 Å². The van der Waals surface area contributed by atoms with Crippen LogP contribution in [0.2, 0.25) is 0 Å². The minimum atomic E-state index is -3.79. The number of ether oxygens (including phenoxy) is 1. The maximum Gasteiger partial charge on any atom is 0.341 e. The minimum Gasteiger partial charge on any atom is -0.465 e. The van der Waals surface area contributed by atoms with Crippen LogP contribution in [0.25, 0.3) is 0 Å². The molecule has 0 aliphatic carbocycles. The zero-order valence-corrected chi connectivity index (χ0v) is 19.8. The van der Waals surface area contributed by atoms with E-state index in [1.807, 2.05) is 13.0 Å². The number of hydrogen-bond acceptors (Lipinski definition) is 6. The number of nitrogens with zero attached hydrogens (tertiary/aromatic N) is 1. The number of rotatable bonds is 7. The Hall–Kier alpha value is -3.17. The van der Waals surface area contributed by atoms with Crippen LogP contribution in [-0.2, 0) is 14.8 Å². The number of esters is 1. The Morgan fingerprint density at radius 1 is 1.03 bits per heavy atom. The van der Waals surface area contributed by atoms with Crippen LogP contribution in [0, 0.1) is 13.8 Å². The first-order chi connectivity index (χ1) is 15.2. The number of carbonyl (C=O) groups excluding carboxylic acids is 2. The highest BCUT2D eigenvalue weighted by Crippen LogP contribution is 2.33.